The Morgan fingerprint density at radius 2 is 1.68 bits per heavy atom. The number of hydrogen-bond donors (Lipinski definition) is 1. The Bertz CT molecular complexity index is 1030. The summed E-state index contributed by atoms with van der Waals surface area (Å²) in [6.07, 6.45) is 0.243. The second kappa shape index (κ2) is 10.4. The van der Waals surface area contributed by atoms with Crippen molar-refractivity contribution in [3.63, 3.8) is 0 Å². The first-order valence-corrected chi connectivity index (χ1v) is 10.3. The highest BCUT2D eigenvalue weighted by atomic mass is 16.5. The van der Waals surface area contributed by atoms with Crippen molar-refractivity contribution < 1.29 is 14.3 Å². The van der Waals surface area contributed by atoms with Gasteiger partial charge in [-0.2, -0.15) is 0 Å². The van der Waals surface area contributed by atoms with E-state index in [0.29, 0.717) is 18.0 Å². The van der Waals surface area contributed by atoms with Crippen molar-refractivity contribution >= 4 is 17.5 Å². The Balaban J connectivity index is 1.90. The molecular weight excluding hydrogens is 388 g/mol. The number of benzene rings is 3. The van der Waals surface area contributed by atoms with Crippen molar-refractivity contribution in [3.05, 3.63) is 95.6 Å². The molecule has 1 unspecified atom stereocenters. The van der Waals surface area contributed by atoms with Gasteiger partial charge in [-0.3, -0.25) is 9.59 Å². The summed E-state index contributed by atoms with van der Waals surface area (Å²) in [5.74, 6) is 0.583. The fourth-order valence-corrected chi connectivity index (χ4v) is 3.59. The maximum absolute atomic E-state index is 13.5. The number of carbonyl (C=O) groups is 2. The maximum atomic E-state index is 13.5. The lowest BCUT2D eigenvalue weighted by molar-refractivity contribution is -0.133. The van der Waals surface area contributed by atoms with E-state index in [1.807, 2.05) is 90.7 Å². The average Bonchev–Trinajstić information content (AvgIpc) is 2.77. The Kier molecular flexibility index (Phi) is 7.44. The van der Waals surface area contributed by atoms with Crippen LogP contribution in [0.25, 0.3) is 0 Å². The van der Waals surface area contributed by atoms with Gasteiger partial charge in [0.25, 0.3) is 0 Å². The van der Waals surface area contributed by atoms with Crippen LogP contribution in [0.2, 0.25) is 0 Å². The van der Waals surface area contributed by atoms with Crippen LogP contribution in [0.4, 0.5) is 5.69 Å². The molecule has 0 fully saturated rings. The minimum Gasteiger partial charge on any atom is -0.496 e. The molecule has 0 aliphatic heterocycles. The minimum atomic E-state index is -0.184. The molecule has 0 aromatic heterocycles. The predicted molar refractivity (Wildman–Crippen MR) is 123 cm³/mol. The Labute approximate surface area is 183 Å². The van der Waals surface area contributed by atoms with Crippen molar-refractivity contribution in [1.82, 2.24) is 4.90 Å². The number of hydrogen-bond acceptors (Lipinski definition) is 3. The first-order chi connectivity index (χ1) is 15.0. The zero-order valence-electron chi connectivity index (χ0n) is 18.2. The summed E-state index contributed by atoms with van der Waals surface area (Å²) < 4.78 is 5.43. The monoisotopic (exact) mass is 416 g/mol. The van der Waals surface area contributed by atoms with Crippen LogP contribution in [0.5, 0.6) is 5.75 Å². The molecule has 0 aliphatic rings. The van der Waals surface area contributed by atoms with Crippen molar-refractivity contribution in [3.8, 4) is 5.75 Å². The lowest BCUT2D eigenvalue weighted by Gasteiger charge is -2.30. The summed E-state index contributed by atoms with van der Waals surface area (Å²) in [4.78, 5) is 26.8. The molecular formula is C26H28N2O3. The number of methoxy groups -OCH3 is 1. The smallest absolute Gasteiger partial charge is 0.227 e. The van der Waals surface area contributed by atoms with Crippen LogP contribution in [0.3, 0.4) is 0 Å². The van der Waals surface area contributed by atoms with E-state index in [1.54, 1.807) is 7.11 Å². The number of nitrogens with zero attached hydrogens (tertiary/aromatic N) is 1. The summed E-state index contributed by atoms with van der Waals surface area (Å²) in [7, 11) is 1.61. The predicted octanol–water partition coefficient (Wildman–Crippen LogP) is 4.99. The summed E-state index contributed by atoms with van der Waals surface area (Å²) in [5.41, 5.74) is 3.58. The van der Waals surface area contributed by atoms with Gasteiger partial charge in [0, 0.05) is 24.7 Å². The third-order valence-electron chi connectivity index (χ3n) is 5.21. The van der Waals surface area contributed by atoms with Gasteiger partial charge >= 0.3 is 0 Å². The summed E-state index contributed by atoms with van der Waals surface area (Å²) in [6.45, 7) is 3.98. The number of nitrogens with one attached hydrogen (secondary N) is 1. The molecule has 5 nitrogen and oxygen atoms in total. The van der Waals surface area contributed by atoms with Crippen LogP contribution < -0.4 is 10.1 Å². The van der Waals surface area contributed by atoms with E-state index in [-0.39, 0.29) is 24.3 Å². The van der Waals surface area contributed by atoms with Gasteiger partial charge in [0.2, 0.25) is 11.8 Å². The molecule has 3 aromatic carbocycles. The quantitative estimate of drug-likeness (QED) is 0.563. The molecule has 0 saturated heterocycles. The molecule has 0 bridgehead atoms. The first kappa shape index (κ1) is 22.1. The number of anilines is 1. The van der Waals surface area contributed by atoms with E-state index < -0.39 is 0 Å². The van der Waals surface area contributed by atoms with Crippen LogP contribution in [0, 0.1) is 0 Å². The zero-order chi connectivity index (χ0) is 22.2. The molecule has 1 N–H and O–H groups in total. The van der Waals surface area contributed by atoms with Gasteiger partial charge < -0.3 is 15.0 Å². The van der Waals surface area contributed by atoms with E-state index in [1.165, 1.54) is 6.92 Å². The fraction of sp³-hybridized carbons (Fsp3) is 0.231. The Morgan fingerprint density at radius 3 is 2.39 bits per heavy atom. The SMILES string of the molecule is COc1ccccc1CC(=O)N(Cc1ccccc1)C(C)c1cccc(NC(C)=O)c1. The van der Waals surface area contributed by atoms with Crippen molar-refractivity contribution in [2.45, 2.75) is 32.9 Å². The van der Waals surface area contributed by atoms with Crippen LogP contribution in [-0.2, 0) is 22.6 Å². The summed E-state index contributed by atoms with van der Waals surface area (Å²) in [6, 6.07) is 25.0. The van der Waals surface area contributed by atoms with Crippen molar-refractivity contribution in [2.24, 2.45) is 0 Å². The van der Waals surface area contributed by atoms with Crippen LogP contribution in [0.15, 0.2) is 78.9 Å². The number of ether oxygens (including phenoxy) is 1. The van der Waals surface area contributed by atoms with E-state index >= 15 is 0 Å². The third-order valence-corrected chi connectivity index (χ3v) is 5.21. The molecule has 31 heavy (non-hydrogen) atoms. The molecule has 1 atom stereocenters. The van der Waals surface area contributed by atoms with Gasteiger partial charge in [0.1, 0.15) is 5.75 Å². The van der Waals surface area contributed by atoms with Gasteiger partial charge in [0.05, 0.1) is 19.6 Å². The second-order valence-electron chi connectivity index (χ2n) is 7.48. The molecule has 3 rings (SSSR count). The highest BCUT2D eigenvalue weighted by Gasteiger charge is 2.23. The van der Waals surface area contributed by atoms with E-state index in [0.717, 1.165) is 16.7 Å². The van der Waals surface area contributed by atoms with E-state index in [2.05, 4.69) is 5.32 Å². The molecule has 3 aromatic rings. The molecule has 0 radical (unpaired) electrons. The van der Waals surface area contributed by atoms with Gasteiger partial charge in [-0.25, -0.2) is 0 Å². The highest BCUT2D eigenvalue weighted by molar-refractivity contribution is 5.88. The number of para-hydroxylation sites is 1. The van der Waals surface area contributed by atoms with Gasteiger partial charge in [0.15, 0.2) is 0 Å². The fourth-order valence-electron chi connectivity index (χ4n) is 3.59. The molecule has 0 aliphatic carbocycles. The first-order valence-electron chi connectivity index (χ1n) is 10.3. The Morgan fingerprint density at radius 1 is 0.968 bits per heavy atom. The molecule has 0 saturated carbocycles. The van der Waals surface area contributed by atoms with Crippen molar-refractivity contribution in [1.29, 1.82) is 0 Å². The maximum Gasteiger partial charge on any atom is 0.227 e. The van der Waals surface area contributed by atoms with Gasteiger partial charge in [-0.15, -0.1) is 0 Å². The standard InChI is InChI=1S/C26H28N2O3/c1-19(22-13-9-14-24(16-22)27-20(2)29)28(18-21-10-5-4-6-11-21)26(30)17-23-12-7-8-15-25(23)31-3/h4-16,19H,17-18H2,1-3H3,(H,27,29). The lowest BCUT2D eigenvalue weighted by atomic mass is 10.0. The third kappa shape index (κ3) is 5.95. The summed E-state index contributed by atoms with van der Waals surface area (Å²) >= 11 is 0. The van der Waals surface area contributed by atoms with E-state index in [4.69, 9.17) is 4.74 Å². The van der Waals surface area contributed by atoms with Crippen LogP contribution in [0.1, 0.15) is 36.6 Å². The minimum absolute atomic E-state index is 0.00535. The average molecular weight is 417 g/mol. The largest absolute Gasteiger partial charge is 0.496 e. The molecule has 5 heteroatoms. The Hall–Kier alpha value is -3.60. The van der Waals surface area contributed by atoms with E-state index in [9.17, 15) is 9.59 Å². The summed E-state index contributed by atoms with van der Waals surface area (Å²) in [5, 5.41) is 2.81. The lowest BCUT2D eigenvalue weighted by Crippen LogP contribution is -2.34. The van der Waals surface area contributed by atoms with Crippen LogP contribution in [-0.4, -0.2) is 23.8 Å². The second-order valence-corrected chi connectivity index (χ2v) is 7.48. The number of carbonyl (C=O) groups excluding carboxylic acids is 2. The van der Waals surface area contributed by atoms with Gasteiger partial charge in [-0.05, 0) is 36.2 Å². The molecule has 160 valence electrons. The van der Waals surface area contributed by atoms with Crippen molar-refractivity contribution in [2.75, 3.05) is 12.4 Å². The highest BCUT2D eigenvalue weighted by Crippen LogP contribution is 2.27. The molecule has 0 heterocycles. The number of amides is 2. The molecule has 2 amide bonds. The topological polar surface area (TPSA) is 58.6 Å². The zero-order valence-corrected chi connectivity index (χ0v) is 18.2. The van der Waals surface area contributed by atoms with Gasteiger partial charge in [-0.1, -0.05) is 60.7 Å². The normalized spacial score (nSPS) is 11.5. The number of rotatable bonds is 8. The van der Waals surface area contributed by atoms with Crippen LogP contribution >= 0.6 is 0 Å². The molecule has 0 spiro atoms.